The second-order valence-electron chi connectivity index (χ2n) is 5.56. The van der Waals surface area contributed by atoms with Gasteiger partial charge in [0, 0.05) is 11.6 Å². The van der Waals surface area contributed by atoms with E-state index in [4.69, 9.17) is 4.74 Å². The van der Waals surface area contributed by atoms with Crippen molar-refractivity contribution in [3.63, 3.8) is 0 Å². The molecule has 2 rings (SSSR count). The lowest BCUT2D eigenvalue weighted by Gasteiger charge is -2.24. The summed E-state index contributed by atoms with van der Waals surface area (Å²) >= 11 is 0. The molecule has 0 atom stereocenters. The number of carbonyl (C=O) groups excluding carboxylic acids is 1. The fourth-order valence-corrected chi connectivity index (χ4v) is 2.66. The third kappa shape index (κ3) is 2.42. The number of halogens is 1. The van der Waals surface area contributed by atoms with Gasteiger partial charge in [0.05, 0.1) is 19.8 Å². The van der Waals surface area contributed by atoms with Gasteiger partial charge < -0.3 is 9.47 Å². The lowest BCUT2D eigenvalue weighted by atomic mass is 9.81. The van der Waals surface area contributed by atoms with Crippen molar-refractivity contribution in [3.8, 4) is 5.75 Å². The van der Waals surface area contributed by atoms with E-state index in [0.29, 0.717) is 5.75 Å². The number of benzene rings is 1. The Kier molecular flexibility index (Phi) is 3.84. The highest BCUT2D eigenvalue weighted by molar-refractivity contribution is 5.92. The van der Waals surface area contributed by atoms with Crippen LogP contribution in [0.25, 0.3) is 5.57 Å². The van der Waals surface area contributed by atoms with Gasteiger partial charge >= 0.3 is 5.97 Å². The predicted octanol–water partition coefficient (Wildman–Crippen LogP) is 3.82. The van der Waals surface area contributed by atoms with Crippen LogP contribution in [0.15, 0.2) is 18.2 Å². The molecule has 108 valence electrons. The van der Waals surface area contributed by atoms with Gasteiger partial charge in [-0.15, -0.1) is 0 Å². The quantitative estimate of drug-likeness (QED) is 0.788. The first-order chi connectivity index (χ1) is 9.40. The Bertz CT molecular complexity index is 573. The largest absolute Gasteiger partial charge is 0.496 e. The van der Waals surface area contributed by atoms with Crippen molar-refractivity contribution >= 4 is 11.5 Å². The molecule has 1 aromatic rings. The summed E-state index contributed by atoms with van der Waals surface area (Å²) < 4.78 is 23.8. The molecule has 3 nitrogen and oxygen atoms in total. The van der Waals surface area contributed by atoms with Gasteiger partial charge in [-0.3, -0.25) is 0 Å². The zero-order chi connectivity index (χ0) is 14.9. The van der Waals surface area contributed by atoms with Crippen molar-refractivity contribution in [1.29, 1.82) is 0 Å². The van der Waals surface area contributed by atoms with Gasteiger partial charge in [-0.05, 0) is 29.9 Å². The summed E-state index contributed by atoms with van der Waals surface area (Å²) in [4.78, 5) is 11.6. The van der Waals surface area contributed by atoms with Gasteiger partial charge in [0.15, 0.2) is 0 Å². The molecule has 0 unspecified atom stereocenters. The first kappa shape index (κ1) is 14.6. The number of hydrogen-bond donors (Lipinski definition) is 0. The molecule has 1 aliphatic carbocycles. The topological polar surface area (TPSA) is 35.5 Å². The van der Waals surface area contributed by atoms with E-state index in [0.717, 1.165) is 24.0 Å². The molecular weight excluding hydrogens is 259 g/mol. The minimum Gasteiger partial charge on any atom is -0.496 e. The van der Waals surface area contributed by atoms with E-state index in [1.54, 1.807) is 0 Å². The van der Waals surface area contributed by atoms with Gasteiger partial charge in [-0.25, -0.2) is 9.18 Å². The number of methoxy groups -OCH3 is 2. The molecule has 1 aliphatic rings. The first-order valence-electron chi connectivity index (χ1n) is 6.57. The number of carbonyl (C=O) groups is 1. The SMILES string of the molecule is COC(=O)c1cc(C2=CCCC2(C)C)c(OC)cc1F. The molecule has 0 radical (unpaired) electrons. The van der Waals surface area contributed by atoms with E-state index in [1.165, 1.54) is 26.4 Å². The average Bonchev–Trinajstić information content (AvgIpc) is 2.77. The summed E-state index contributed by atoms with van der Waals surface area (Å²) in [6, 6.07) is 2.77. The Balaban J connectivity index is 2.60. The monoisotopic (exact) mass is 278 g/mol. The maximum Gasteiger partial charge on any atom is 0.340 e. The highest BCUT2D eigenvalue weighted by Crippen LogP contribution is 2.47. The first-order valence-corrected chi connectivity index (χ1v) is 6.57. The molecule has 0 N–H and O–H groups in total. The van der Waals surface area contributed by atoms with Crippen molar-refractivity contribution in [2.24, 2.45) is 5.41 Å². The number of esters is 1. The third-order valence-corrected chi connectivity index (χ3v) is 3.83. The maximum atomic E-state index is 13.9. The normalized spacial score (nSPS) is 16.8. The summed E-state index contributed by atoms with van der Waals surface area (Å²) in [6.45, 7) is 4.26. The zero-order valence-electron chi connectivity index (χ0n) is 12.2. The zero-order valence-corrected chi connectivity index (χ0v) is 12.2. The van der Waals surface area contributed by atoms with E-state index >= 15 is 0 Å². The molecule has 0 saturated carbocycles. The summed E-state index contributed by atoms with van der Waals surface area (Å²) in [7, 11) is 2.74. The second-order valence-corrected chi connectivity index (χ2v) is 5.56. The summed E-state index contributed by atoms with van der Waals surface area (Å²) in [6.07, 6.45) is 4.11. The molecule has 4 heteroatoms. The lowest BCUT2D eigenvalue weighted by molar-refractivity contribution is 0.0595. The van der Waals surface area contributed by atoms with Crippen LogP contribution in [0.2, 0.25) is 0 Å². The molecule has 0 fully saturated rings. The summed E-state index contributed by atoms with van der Waals surface area (Å²) in [5.74, 6) is -0.868. The van der Waals surface area contributed by atoms with Crippen LogP contribution < -0.4 is 4.74 Å². The van der Waals surface area contributed by atoms with E-state index in [2.05, 4.69) is 24.7 Å². The van der Waals surface area contributed by atoms with E-state index in [-0.39, 0.29) is 11.0 Å². The molecule has 0 amide bonds. The third-order valence-electron chi connectivity index (χ3n) is 3.83. The molecular formula is C16H19FO3. The highest BCUT2D eigenvalue weighted by atomic mass is 19.1. The van der Waals surface area contributed by atoms with Gasteiger partial charge in [-0.1, -0.05) is 19.9 Å². The minimum atomic E-state index is -0.678. The molecule has 0 aliphatic heterocycles. The van der Waals surface area contributed by atoms with Crippen LogP contribution in [0.3, 0.4) is 0 Å². The smallest absolute Gasteiger partial charge is 0.340 e. The van der Waals surface area contributed by atoms with Crippen molar-refractivity contribution in [3.05, 3.63) is 35.2 Å². The second kappa shape index (κ2) is 5.27. The van der Waals surface area contributed by atoms with Crippen LogP contribution in [0, 0.1) is 11.2 Å². The molecule has 0 heterocycles. The van der Waals surface area contributed by atoms with Crippen molar-refractivity contribution in [2.75, 3.05) is 14.2 Å². The minimum absolute atomic E-state index is 0.0154. The van der Waals surface area contributed by atoms with Gasteiger partial charge in [0.1, 0.15) is 11.6 Å². The Morgan fingerprint density at radius 3 is 2.50 bits per heavy atom. The number of allylic oxidation sites excluding steroid dienone is 2. The van der Waals surface area contributed by atoms with Gasteiger partial charge in [0.25, 0.3) is 0 Å². The van der Waals surface area contributed by atoms with Crippen LogP contribution in [-0.2, 0) is 4.74 Å². The van der Waals surface area contributed by atoms with Gasteiger partial charge in [0.2, 0.25) is 0 Å². The number of rotatable bonds is 3. The van der Waals surface area contributed by atoms with Crippen molar-refractivity contribution in [2.45, 2.75) is 26.7 Å². The van der Waals surface area contributed by atoms with Crippen molar-refractivity contribution in [1.82, 2.24) is 0 Å². The predicted molar refractivity (Wildman–Crippen MR) is 75.3 cm³/mol. The van der Waals surface area contributed by atoms with E-state index < -0.39 is 11.8 Å². The lowest BCUT2D eigenvalue weighted by Crippen LogP contribution is -2.12. The average molecular weight is 278 g/mol. The van der Waals surface area contributed by atoms with E-state index in [9.17, 15) is 9.18 Å². The molecule has 0 aromatic heterocycles. The molecule has 0 spiro atoms. The molecule has 0 saturated heterocycles. The van der Waals surface area contributed by atoms with Crippen LogP contribution in [0.5, 0.6) is 5.75 Å². The fraction of sp³-hybridized carbons (Fsp3) is 0.438. The van der Waals surface area contributed by atoms with Crippen LogP contribution in [0.1, 0.15) is 42.6 Å². The number of ether oxygens (including phenoxy) is 2. The summed E-state index contributed by atoms with van der Waals surface area (Å²) in [5.41, 5.74) is 1.77. The maximum absolute atomic E-state index is 13.9. The van der Waals surface area contributed by atoms with Crippen LogP contribution in [-0.4, -0.2) is 20.2 Å². The fourth-order valence-electron chi connectivity index (χ4n) is 2.66. The molecule has 0 bridgehead atoms. The van der Waals surface area contributed by atoms with Crippen molar-refractivity contribution < 1.29 is 18.7 Å². The summed E-state index contributed by atoms with van der Waals surface area (Å²) in [5, 5.41) is 0. The Morgan fingerprint density at radius 1 is 1.30 bits per heavy atom. The van der Waals surface area contributed by atoms with Crippen LogP contribution >= 0.6 is 0 Å². The number of hydrogen-bond acceptors (Lipinski definition) is 3. The molecule has 1 aromatic carbocycles. The molecule has 20 heavy (non-hydrogen) atoms. The van der Waals surface area contributed by atoms with E-state index in [1.807, 2.05) is 0 Å². The Morgan fingerprint density at radius 2 is 2.00 bits per heavy atom. The van der Waals surface area contributed by atoms with Gasteiger partial charge in [-0.2, -0.15) is 0 Å². The Labute approximate surface area is 118 Å². The Hall–Kier alpha value is -1.84. The highest BCUT2D eigenvalue weighted by Gasteiger charge is 2.31. The standard InChI is InChI=1S/C16H19FO3/c1-16(2)7-5-6-12(16)10-8-11(15(18)20-4)13(17)9-14(10)19-3/h6,8-9H,5,7H2,1-4H3. The van der Waals surface area contributed by atoms with Crippen LogP contribution in [0.4, 0.5) is 4.39 Å².